The summed E-state index contributed by atoms with van der Waals surface area (Å²) in [4.78, 5) is 11.3. The number of nitrogens with one attached hydrogen (secondary N) is 1. The van der Waals surface area contributed by atoms with E-state index in [2.05, 4.69) is 55.7 Å². The van der Waals surface area contributed by atoms with Gasteiger partial charge in [0.15, 0.2) is 5.82 Å². The molecule has 0 saturated carbocycles. The fourth-order valence-electron chi connectivity index (χ4n) is 5.71. The fourth-order valence-corrected chi connectivity index (χ4v) is 7.17. The highest BCUT2D eigenvalue weighted by Gasteiger charge is 2.49. The lowest BCUT2D eigenvalue weighted by atomic mass is 9.73. The number of aromatic nitrogens is 2. The molecule has 2 aromatic carbocycles. The first-order chi connectivity index (χ1) is 20.4. The average molecular weight is 624 g/mol. The zero-order chi connectivity index (χ0) is 30.8. The van der Waals surface area contributed by atoms with Gasteiger partial charge in [-0.2, -0.15) is 0 Å². The second-order valence-electron chi connectivity index (χ2n) is 11.9. The number of ether oxygens (including phenoxy) is 1. The molecule has 12 heteroatoms. The summed E-state index contributed by atoms with van der Waals surface area (Å²) in [6.07, 6.45) is 4.28. The summed E-state index contributed by atoms with van der Waals surface area (Å²) in [6.45, 7) is 7.21. The topological polar surface area (TPSA) is 148 Å². The molecule has 2 atom stereocenters. The Bertz CT molecular complexity index is 1670. The predicted octanol–water partition coefficient (Wildman–Crippen LogP) is 2.98. The van der Waals surface area contributed by atoms with Crippen molar-refractivity contribution in [2.75, 3.05) is 24.6 Å². The number of hydrogen-bond donors (Lipinski definition) is 3. The zero-order valence-electron chi connectivity index (χ0n) is 24.5. The number of benzene rings is 2. The van der Waals surface area contributed by atoms with Gasteiger partial charge in [-0.05, 0) is 86.8 Å². The number of rotatable bonds is 7. The number of piperidine rings is 1. The molecule has 43 heavy (non-hydrogen) atoms. The first kappa shape index (κ1) is 31.1. The Morgan fingerprint density at radius 3 is 2.51 bits per heavy atom. The lowest BCUT2D eigenvalue weighted by molar-refractivity contribution is 0.177. The summed E-state index contributed by atoms with van der Waals surface area (Å²) in [5.41, 5.74) is 3.35. The minimum absolute atomic E-state index is 0.000751. The average Bonchev–Trinajstić information content (AvgIpc) is 3.27. The summed E-state index contributed by atoms with van der Waals surface area (Å²) < 4.78 is 44.6. The highest BCUT2D eigenvalue weighted by Crippen LogP contribution is 2.52. The number of nitrogens with zero attached hydrogens (tertiary/aromatic N) is 3. The van der Waals surface area contributed by atoms with Gasteiger partial charge in [-0.25, -0.2) is 32.5 Å². The van der Waals surface area contributed by atoms with Crippen LogP contribution in [0.1, 0.15) is 62.2 Å². The third kappa shape index (κ3) is 6.92. The fraction of sp³-hybridized carbons (Fsp3) is 0.419. The Morgan fingerprint density at radius 2 is 1.86 bits per heavy atom. The van der Waals surface area contributed by atoms with Crippen molar-refractivity contribution in [3.05, 3.63) is 77.2 Å². The van der Waals surface area contributed by atoms with E-state index in [4.69, 9.17) is 9.88 Å². The van der Waals surface area contributed by atoms with Crippen LogP contribution in [0, 0.1) is 17.3 Å². The van der Waals surface area contributed by atoms with Gasteiger partial charge in [0, 0.05) is 13.1 Å². The van der Waals surface area contributed by atoms with E-state index in [9.17, 15) is 17.7 Å². The number of aliphatic hydroxyl groups excluding tert-OH is 1. The number of sulfonamides is 1. The van der Waals surface area contributed by atoms with E-state index in [1.165, 1.54) is 35.4 Å². The third-order valence-corrected chi connectivity index (χ3v) is 10.5. The number of hydrogen-bond acceptors (Lipinski definition) is 8. The van der Waals surface area contributed by atoms with E-state index in [1.54, 1.807) is 6.20 Å². The van der Waals surface area contributed by atoms with Crippen LogP contribution in [0.2, 0.25) is 0 Å². The minimum atomic E-state index is -3.77. The third-order valence-electron chi connectivity index (χ3n) is 8.01. The van der Waals surface area contributed by atoms with Crippen molar-refractivity contribution in [3.8, 4) is 17.6 Å². The smallest absolute Gasteiger partial charge is 0.238 e. The van der Waals surface area contributed by atoms with Crippen LogP contribution in [-0.4, -0.2) is 52.1 Å². The van der Waals surface area contributed by atoms with Crippen molar-refractivity contribution in [2.45, 2.75) is 62.3 Å². The molecule has 2 heterocycles. The van der Waals surface area contributed by atoms with E-state index in [-0.39, 0.29) is 34.3 Å². The molecule has 2 aliphatic rings. The maximum Gasteiger partial charge on any atom is 0.238 e. The van der Waals surface area contributed by atoms with Gasteiger partial charge in [0.1, 0.15) is 23.7 Å². The standard InChI is InChI=1S/C31H37N5O5S2/c1-30(2,3)42(38)35-28-26-9-5-4-7-22(26)19-31(28)14-16-36(17-15-31)29-27(21-37)34-23(20-33-29)8-6-18-41-24-10-12-25(13-11-24)43(32,39)40/h4-5,7,9-13,20,28,35,37H,14-19,21H2,1-3H3,(H2,32,39,40)/t28-,42?/m1/s1. The Balaban J connectivity index is 1.25. The quantitative estimate of drug-likeness (QED) is 0.341. The van der Waals surface area contributed by atoms with E-state index < -0.39 is 21.0 Å². The molecule has 1 aromatic heterocycles. The van der Waals surface area contributed by atoms with Crippen molar-refractivity contribution in [1.82, 2.24) is 14.7 Å². The number of primary sulfonamides is 1. The molecule has 5 rings (SSSR count). The van der Waals surface area contributed by atoms with Crippen LogP contribution in [0.4, 0.5) is 5.82 Å². The summed E-state index contributed by atoms with van der Waals surface area (Å²) in [6, 6.07) is 14.2. The van der Waals surface area contributed by atoms with E-state index in [1.807, 2.05) is 20.8 Å². The summed E-state index contributed by atoms with van der Waals surface area (Å²) >= 11 is 0. The molecule has 1 unspecified atom stereocenters. The van der Waals surface area contributed by atoms with Crippen LogP contribution < -0.4 is 19.5 Å². The Morgan fingerprint density at radius 1 is 1.16 bits per heavy atom. The van der Waals surface area contributed by atoms with Crippen molar-refractivity contribution >= 4 is 26.8 Å². The molecule has 1 saturated heterocycles. The molecule has 4 N–H and O–H groups in total. The highest BCUT2D eigenvalue weighted by molar-refractivity contribution is 7.89. The van der Waals surface area contributed by atoms with Crippen LogP contribution in [0.3, 0.4) is 0 Å². The van der Waals surface area contributed by atoms with Crippen molar-refractivity contribution < 1.29 is 22.5 Å². The van der Waals surface area contributed by atoms with Crippen LogP contribution in [0.15, 0.2) is 59.6 Å². The highest BCUT2D eigenvalue weighted by atomic mass is 32.2. The second kappa shape index (κ2) is 12.3. The monoisotopic (exact) mass is 623 g/mol. The molecule has 10 nitrogen and oxygen atoms in total. The van der Waals surface area contributed by atoms with E-state index in [0.29, 0.717) is 23.0 Å². The van der Waals surface area contributed by atoms with Gasteiger partial charge < -0.3 is 14.7 Å². The zero-order valence-corrected chi connectivity index (χ0v) is 26.2. The molecule has 228 valence electrons. The Kier molecular flexibility index (Phi) is 8.92. The minimum Gasteiger partial charge on any atom is -0.481 e. The summed E-state index contributed by atoms with van der Waals surface area (Å²) in [7, 11) is -4.97. The molecule has 1 aliphatic carbocycles. The molecular formula is C31H37N5O5S2. The maximum absolute atomic E-state index is 13.2. The lowest BCUT2D eigenvalue weighted by Gasteiger charge is -2.44. The van der Waals surface area contributed by atoms with Crippen LogP contribution in [0.25, 0.3) is 0 Å². The van der Waals surface area contributed by atoms with Crippen LogP contribution >= 0.6 is 0 Å². The van der Waals surface area contributed by atoms with Crippen molar-refractivity contribution in [2.24, 2.45) is 10.6 Å². The normalized spacial score (nSPS) is 18.5. The predicted molar refractivity (Wildman–Crippen MR) is 166 cm³/mol. The first-order valence-corrected chi connectivity index (χ1v) is 16.8. The lowest BCUT2D eigenvalue weighted by Crippen LogP contribution is -2.48. The Labute approximate surface area is 255 Å². The van der Waals surface area contributed by atoms with Crippen LogP contribution in [-0.2, 0) is 34.0 Å². The molecule has 1 aliphatic heterocycles. The molecule has 0 amide bonds. The number of nitrogens with two attached hydrogens (primary N) is 1. The summed E-state index contributed by atoms with van der Waals surface area (Å²) in [5, 5.41) is 15.2. The van der Waals surface area contributed by atoms with Gasteiger partial charge in [-0.3, -0.25) is 0 Å². The summed E-state index contributed by atoms with van der Waals surface area (Å²) in [5.74, 6) is 6.88. The SMILES string of the molecule is CC(C)(C)S(=O)N[C@@H]1c2ccccc2CC12CCN(c1ncc(C#CCOc3ccc(S(N)(=O)=O)cc3)nc1CO)CC2. The molecular weight excluding hydrogens is 587 g/mol. The first-order valence-electron chi connectivity index (χ1n) is 14.1. The Hall–Kier alpha value is -3.34. The second-order valence-corrected chi connectivity index (χ2v) is 15.5. The van der Waals surface area contributed by atoms with Gasteiger partial charge in [0.05, 0.1) is 39.5 Å². The molecule has 1 fully saturated rings. The number of aliphatic hydroxyl groups is 1. The van der Waals surface area contributed by atoms with Crippen LogP contribution in [0.5, 0.6) is 5.75 Å². The van der Waals surface area contributed by atoms with Gasteiger partial charge >= 0.3 is 0 Å². The maximum atomic E-state index is 13.2. The molecule has 3 aromatic rings. The van der Waals surface area contributed by atoms with Crippen molar-refractivity contribution in [3.63, 3.8) is 0 Å². The van der Waals surface area contributed by atoms with Gasteiger partial charge in [-0.15, -0.1) is 0 Å². The van der Waals surface area contributed by atoms with Gasteiger partial charge in [-0.1, -0.05) is 30.2 Å². The van der Waals surface area contributed by atoms with Gasteiger partial charge in [0.2, 0.25) is 10.0 Å². The molecule has 1 spiro atoms. The largest absolute Gasteiger partial charge is 0.481 e. The van der Waals surface area contributed by atoms with E-state index in [0.717, 1.165) is 32.4 Å². The van der Waals surface area contributed by atoms with Crippen molar-refractivity contribution in [1.29, 1.82) is 0 Å². The molecule has 0 bridgehead atoms. The van der Waals surface area contributed by atoms with Gasteiger partial charge in [0.25, 0.3) is 0 Å². The number of anilines is 1. The molecule has 0 radical (unpaired) electrons. The number of fused-ring (bicyclic) bond motifs is 1. The van der Waals surface area contributed by atoms with E-state index >= 15 is 0 Å².